The molecule has 0 saturated heterocycles. The van der Waals surface area contributed by atoms with Crippen molar-refractivity contribution in [1.29, 1.82) is 0 Å². The number of hydrogen-bond donors (Lipinski definition) is 4. The first-order valence-electron chi connectivity index (χ1n) is 4.86. The molecule has 0 bridgehead atoms. The zero-order chi connectivity index (χ0) is 13.3. The summed E-state index contributed by atoms with van der Waals surface area (Å²) in [5.41, 5.74) is 0.0947. The maximum atomic E-state index is 11.6. The van der Waals surface area contributed by atoms with E-state index in [2.05, 4.69) is 15.3 Å². The lowest BCUT2D eigenvalue weighted by atomic mass is 10.2. The molecule has 0 aromatic carbocycles. The number of aromatic hydroxyl groups is 1. The van der Waals surface area contributed by atoms with Crippen LogP contribution in [0.3, 0.4) is 0 Å². The van der Waals surface area contributed by atoms with Crippen molar-refractivity contribution in [3.05, 3.63) is 23.1 Å². The molecule has 4 N–H and O–H groups in total. The highest BCUT2D eigenvalue weighted by atomic mass is 35.5. The fraction of sp³-hybridized carbons (Fsp3) is 0.100. The molecule has 18 heavy (non-hydrogen) atoms. The minimum Gasteiger partial charge on any atom is -0.505 e. The number of carbonyl (C=O) groups excluding carboxylic acids is 1. The second-order valence-electron chi connectivity index (χ2n) is 3.44. The standard InChI is InChI=1S/C10H8ClN3O4/c11-9-6-4(1-2-12-6)8(17)7(14-9)10(18)13-3-5(15)16/h1-2,12,17H,3H2,(H,13,18)(H,15,16). The summed E-state index contributed by atoms with van der Waals surface area (Å²) in [5.74, 6) is -2.35. The molecule has 0 aliphatic carbocycles. The molecule has 0 saturated carbocycles. The monoisotopic (exact) mass is 269 g/mol. The number of carboxylic acid groups (broad SMARTS) is 1. The number of fused-ring (bicyclic) bond motifs is 1. The number of carbonyl (C=O) groups is 2. The summed E-state index contributed by atoms with van der Waals surface area (Å²) >= 11 is 5.83. The Balaban J connectivity index is 2.41. The molecule has 94 valence electrons. The third kappa shape index (κ3) is 2.07. The van der Waals surface area contributed by atoms with E-state index < -0.39 is 18.4 Å². The number of H-pyrrole nitrogens is 1. The van der Waals surface area contributed by atoms with Gasteiger partial charge in [-0.25, -0.2) is 4.98 Å². The van der Waals surface area contributed by atoms with Gasteiger partial charge in [0.25, 0.3) is 5.91 Å². The molecule has 7 nitrogen and oxygen atoms in total. The molecule has 0 atom stereocenters. The van der Waals surface area contributed by atoms with E-state index in [0.29, 0.717) is 10.9 Å². The normalized spacial score (nSPS) is 10.5. The second kappa shape index (κ2) is 4.53. The largest absolute Gasteiger partial charge is 0.505 e. The smallest absolute Gasteiger partial charge is 0.322 e. The van der Waals surface area contributed by atoms with E-state index >= 15 is 0 Å². The number of pyridine rings is 1. The topological polar surface area (TPSA) is 115 Å². The van der Waals surface area contributed by atoms with Gasteiger partial charge in [0.05, 0.1) is 5.52 Å². The average molecular weight is 270 g/mol. The Morgan fingerprint density at radius 1 is 1.50 bits per heavy atom. The van der Waals surface area contributed by atoms with Gasteiger partial charge in [-0.05, 0) is 6.07 Å². The van der Waals surface area contributed by atoms with Gasteiger partial charge in [0, 0.05) is 11.6 Å². The number of nitrogens with one attached hydrogen (secondary N) is 2. The van der Waals surface area contributed by atoms with E-state index in [0.717, 1.165) is 0 Å². The van der Waals surface area contributed by atoms with Crippen LogP contribution in [0.25, 0.3) is 10.9 Å². The van der Waals surface area contributed by atoms with Crippen LogP contribution in [-0.4, -0.2) is 38.6 Å². The Kier molecular flexibility index (Phi) is 3.07. The Labute approximate surface area is 105 Å². The van der Waals surface area contributed by atoms with Gasteiger partial charge < -0.3 is 20.5 Å². The Bertz CT molecular complexity index is 637. The van der Waals surface area contributed by atoms with Gasteiger partial charge >= 0.3 is 5.97 Å². The molecule has 0 fully saturated rings. The lowest BCUT2D eigenvalue weighted by Crippen LogP contribution is -2.30. The first kappa shape index (κ1) is 12.2. The van der Waals surface area contributed by atoms with Crippen molar-refractivity contribution < 1.29 is 19.8 Å². The van der Waals surface area contributed by atoms with Crippen molar-refractivity contribution >= 4 is 34.4 Å². The minimum absolute atomic E-state index is 0.0216. The van der Waals surface area contributed by atoms with Crippen LogP contribution in [0.5, 0.6) is 5.75 Å². The first-order valence-corrected chi connectivity index (χ1v) is 5.24. The number of aromatic amines is 1. The molecule has 2 heterocycles. The van der Waals surface area contributed by atoms with Gasteiger partial charge in [0.2, 0.25) is 0 Å². The number of hydrogen-bond acceptors (Lipinski definition) is 4. The number of aliphatic carboxylic acids is 1. The van der Waals surface area contributed by atoms with Crippen molar-refractivity contribution in [3.8, 4) is 5.75 Å². The van der Waals surface area contributed by atoms with Crippen LogP contribution in [0.1, 0.15) is 10.5 Å². The molecule has 0 radical (unpaired) electrons. The van der Waals surface area contributed by atoms with Crippen LogP contribution in [0.15, 0.2) is 12.3 Å². The van der Waals surface area contributed by atoms with Crippen LogP contribution < -0.4 is 5.32 Å². The second-order valence-corrected chi connectivity index (χ2v) is 3.80. The molecule has 0 aliphatic heterocycles. The zero-order valence-electron chi connectivity index (χ0n) is 8.90. The number of rotatable bonds is 3. The fourth-order valence-electron chi connectivity index (χ4n) is 1.47. The predicted molar refractivity (Wildman–Crippen MR) is 62.7 cm³/mol. The van der Waals surface area contributed by atoms with Gasteiger partial charge in [-0.3, -0.25) is 9.59 Å². The summed E-state index contributed by atoms with van der Waals surface area (Å²) in [7, 11) is 0. The number of carboxylic acids is 1. The summed E-state index contributed by atoms with van der Waals surface area (Å²) in [6, 6.07) is 1.53. The van der Waals surface area contributed by atoms with E-state index in [9.17, 15) is 14.7 Å². The molecular weight excluding hydrogens is 262 g/mol. The van der Waals surface area contributed by atoms with Crippen LogP contribution in [0, 0.1) is 0 Å². The van der Waals surface area contributed by atoms with E-state index in [4.69, 9.17) is 16.7 Å². The zero-order valence-corrected chi connectivity index (χ0v) is 9.65. The Morgan fingerprint density at radius 3 is 2.89 bits per heavy atom. The van der Waals surface area contributed by atoms with Crippen LogP contribution in [-0.2, 0) is 4.79 Å². The lowest BCUT2D eigenvalue weighted by molar-refractivity contribution is -0.135. The van der Waals surface area contributed by atoms with E-state index in [-0.39, 0.29) is 16.6 Å². The molecule has 2 rings (SSSR count). The highest BCUT2D eigenvalue weighted by Gasteiger charge is 2.19. The molecule has 1 amide bonds. The van der Waals surface area contributed by atoms with Crippen LogP contribution >= 0.6 is 11.6 Å². The summed E-state index contributed by atoms with van der Waals surface area (Å²) < 4.78 is 0. The number of amides is 1. The maximum absolute atomic E-state index is 11.6. The van der Waals surface area contributed by atoms with Gasteiger partial charge in [-0.2, -0.15) is 0 Å². The van der Waals surface area contributed by atoms with E-state index in [1.807, 2.05) is 0 Å². The third-order valence-electron chi connectivity index (χ3n) is 2.26. The molecule has 0 spiro atoms. The van der Waals surface area contributed by atoms with Crippen molar-refractivity contribution in [3.63, 3.8) is 0 Å². The van der Waals surface area contributed by atoms with Crippen LogP contribution in [0.4, 0.5) is 0 Å². The maximum Gasteiger partial charge on any atom is 0.322 e. The number of halogens is 1. The molecule has 2 aromatic rings. The van der Waals surface area contributed by atoms with Crippen LogP contribution in [0.2, 0.25) is 5.15 Å². The SMILES string of the molecule is O=C(O)CNC(=O)c1nc(Cl)c2[nH]ccc2c1O. The quantitative estimate of drug-likeness (QED) is 0.613. The fourth-order valence-corrected chi connectivity index (χ4v) is 1.71. The molecule has 2 aromatic heterocycles. The lowest BCUT2D eigenvalue weighted by Gasteiger charge is -2.06. The van der Waals surface area contributed by atoms with Crippen molar-refractivity contribution in [2.45, 2.75) is 0 Å². The van der Waals surface area contributed by atoms with Crippen molar-refractivity contribution in [1.82, 2.24) is 15.3 Å². The van der Waals surface area contributed by atoms with Gasteiger partial charge in [0.1, 0.15) is 6.54 Å². The van der Waals surface area contributed by atoms with E-state index in [1.54, 1.807) is 0 Å². The summed E-state index contributed by atoms with van der Waals surface area (Å²) in [4.78, 5) is 28.4. The third-order valence-corrected chi connectivity index (χ3v) is 2.53. The number of nitrogens with zero attached hydrogens (tertiary/aromatic N) is 1. The Morgan fingerprint density at radius 2 is 2.22 bits per heavy atom. The highest BCUT2D eigenvalue weighted by molar-refractivity contribution is 6.34. The molecule has 8 heteroatoms. The average Bonchev–Trinajstić information content (AvgIpc) is 2.80. The molecule has 0 aliphatic rings. The number of aromatic nitrogens is 2. The first-order chi connectivity index (χ1) is 8.50. The predicted octanol–water partition coefficient (Wildman–Crippen LogP) is 0.736. The minimum atomic E-state index is -1.20. The summed E-state index contributed by atoms with van der Waals surface area (Å²) in [5, 5.41) is 20.8. The Hall–Kier alpha value is -2.28. The molecular formula is C10H8ClN3O4. The van der Waals surface area contributed by atoms with Gasteiger partial charge in [0.15, 0.2) is 16.6 Å². The van der Waals surface area contributed by atoms with Gasteiger partial charge in [-0.1, -0.05) is 11.6 Å². The van der Waals surface area contributed by atoms with Crippen molar-refractivity contribution in [2.24, 2.45) is 0 Å². The van der Waals surface area contributed by atoms with E-state index in [1.165, 1.54) is 12.3 Å². The summed E-state index contributed by atoms with van der Waals surface area (Å²) in [6.07, 6.45) is 1.54. The summed E-state index contributed by atoms with van der Waals surface area (Å²) in [6.45, 7) is -0.567. The van der Waals surface area contributed by atoms with Crippen molar-refractivity contribution in [2.75, 3.05) is 6.54 Å². The molecule has 0 unspecified atom stereocenters. The highest BCUT2D eigenvalue weighted by Crippen LogP contribution is 2.30. The van der Waals surface area contributed by atoms with Gasteiger partial charge in [-0.15, -0.1) is 0 Å².